The van der Waals surface area contributed by atoms with Crippen LogP contribution >= 0.6 is 15.9 Å². The van der Waals surface area contributed by atoms with Crippen LogP contribution in [0, 0.1) is 5.92 Å². The van der Waals surface area contributed by atoms with E-state index < -0.39 is 6.67 Å². The minimum absolute atomic E-state index is 0.180. The quantitative estimate of drug-likeness (QED) is 0.707. The standard InChI is InChI=1S/C16H15BrFNO2/c1-20-16(13(9-18)10-2-3-10)12-6-4-11(5-7-12)14-8-15(17)19-21-14/h2,4-8,13,16H,3,9H2,1H3. The van der Waals surface area contributed by atoms with E-state index in [1.807, 2.05) is 30.3 Å². The van der Waals surface area contributed by atoms with Crippen LogP contribution < -0.4 is 0 Å². The number of aromatic nitrogens is 1. The highest BCUT2D eigenvalue weighted by molar-refractivity contribution is 9.10. The van der Waals surface area contributed by atoms with Crippen molar-refractivity contribution in [3.05, 3.63) is 52.1 Å². The maximum atomic E-state index is 13.3. The Morgan fingerprint density at radius 2 is 2.10 bits per heavy atom. The number of hydrogen-bond acceptors (Lipinski definition) is 3. The molecular weight excluding hydrogens is 337 g/mol. The van der Waals surface area contributed by atoms with Crippen LogP contribution in [-0.4, -0.2) is 18.9 Å². The predicted molar refractivity (Wildman–Crippen MR) is 81.6 cm³/mol. The summed E-state index contributed by atoms with van der Waals surface area (Å²) in [6, 6.07) is 9.58. The van der Waals surface area contributed by atoms with Gasteiger partial charge in [-0.2, -0.15) is 0 Å². The van der Waals surface area contributed by atoms with Gasteiger partial charge in [0.1, 0.15) is 4.60 Å². The number of alkyl halides is 1. The van der Waals surface area contributed by atoms with Gasteiger partial charge < -0.3 is 9.26 Å². The number of halogens is 2. The summed E-state index contributed by atoms with van der Waals surface area (Å²) in [6.45, 7) is -0.402. The number of methoxy groups -OCH3 is 1. The van der Waals surface area contributed by atoms with Gasteiger partial charge in [0.05, 0.1) is 12.8 Å². The molecule has 1 heterocycles. The van der Waals surface area contributed by atoms with Crippen molar-refractivity contribution in [2.45, 2.75) is 12.5 Å². The van der Waals surface area contributed by atoms with Crippen molar-refractivity contribution in [2.24, 2.45) is 5.92 Å². The Morgan fingerprint density at radius 1 is 1.38 bits per heavy atom. The summed E-state index contributed by atoms with van der Waals surface area (Å²) in [6.07, 6.45) is 2.70. The third kappa shape index (κ3) is 3.09. The Balaban J connectivity index is 1.83. The lowest BCUT2D eigenvalue weighted by molar-refractivity contribution is 0.0561. The second kappa shape index (κ2) is 6.12. The number of nitrogens with zero attached hydrogens (tertiary/aromatic N) is 1. The molecule has 0 fully saturated rings. The molecule has 1 aliphatic carbocycles. The van der Waals surface area contributed by atoms with Crippen LogP contribution in [-0.2, 0) is 4.74 Å². The average molecular weight is 352 g/mol. The highest BCUT2D eigenvalue weighted by atomic mass is 79.9. The summed E-state index contributed by atoms with van der Waals surface area (Å²) in [5, 5.41) is 3.80. The summed E-state index contributed by atoms with van der Waals surface area (Å²) in [7, 11) is 1.62. The van der Waals surface area contributed by atoms with Crippen LogP contribution in [0.3, 0.4) is 0 Å². The van der Waals surface area contributed by atoms with E-state index in [9.17, 15) is 4.39 Å². The largest absolute Gasteiger partial charge is 0.376 e. The fourth-order valence-corrected chi connectivity index (χ4v) is 2.78. The van der Waals surface area contributed by atoms with Crippen molar-refractivity contribution in [1.82, 2.24) is 5.16 Å². The molecule has 0 amide bonds. The van der Waals surface area contributed by atoms with E-state index in [0.29, 0.717) is 10.4 Å². The zero-order valence-electron chi connectivity index (χ0n) is 11.6. The molecule has 5 heteroatoms. The Bertz CT molecular complexity index is 651. The first-order valence-electron chi connectivity index (χ1n) is 6.73. The van der Waals surface area contributed by atoms with Crippen LogP contribution in [0.15, 0.2) is 51.1 Å². The van der Waals surface area contributed by atoms with Crippen LogP contribution in [0.4, 0.5) is 4.39 Å². The van der Waals surface area contributed by atoms with Gasteiger partial charge in [-0.05, 0) is 27.9 Å². The first kappa shape index (κ1) is 14.5. The molecule has 0 N–H and O–H groups in total. The minimum atomic E-state index is -0.402. The van der Waals surface area contributed by atoms with E-state index in [0.717, 1.165) is 23.1 Å². The van der Waals surface area contributed by atoms with Gasteiger partial charge >= 0.3 is 0 Å². The normalized spacial score (nSPS) is 16.4. The van der Waals surface area contributed by atoms with Gasteiger partial charge in [-0.25, -0.2) is 0 Å². The molecule has 2 atom stereocenters. The lowest BCUT2D eigenvalue weighted by Gasteiger charge is -2.22. The fraction of sp³-hybridized carbons (Fsp3) is 0.312. The van der Waals surface area contributed by atoms with Gasteiger partial charge in [0.2, 0.25) is 0 Å². The molecule has 3 nitrogen and oxygen atoms in total. The molecule has 2 unspecified atom stereocenters. The first-order valence-corrected chi connectivity index (χ1v) is 7.52. The van der Waals surface area contributed by atoms with E-state index in [-0.39, 0.29) is 12.0 Å². The zero-order chi connectivity index (χ0) is 14.8. The Kier molecular flexibility index (Phi) is 4.22. The summed E-state index contributed by atoms with van der Waals surface area (Å²) in [5.74, 6) is 0.509. The number of hydrogen-bond donors (Lipinski definition) is 0. The lowest BCUT2D eigenvalue weighted by Crippen LogP contribution is -2.16. The van der Waals surface area contributed by atoms with Crippen LogP contribution in [0.25, 0.3) is 11.3 Å². The first-order chi connectivity index (χ1) is 10.2. The van der Waals surface area contributed by atoms with Crippen molar-refractivity contribution >= 4 is 15.9 Å². The van der Waals surface area contributed by atoms with Crippen molar-refractivity contribution < 1.29 is 13.7 Å². The Hall–Kier alpha value is -1.46. The molecule has 0 radical (unpaired) electrons. The zero-order valence-corrected chi connectivity index (χ0v) is 13.1. The molecule has 3 rings (SSSR count). The van der Waals surface area contributed by atoms with E-state index in [2.05, 4.69) is 27.2 Å². The molecule has 0 bridgehead atoms. The molecule has 0 aliphatic heterocycles. The van der Waals surface area contributed by atoms with Gasteiger partial charge in [-0.3, -0.25) is 4.39 Å². The Morgan fingerprint density at radius 3 is 2.57 bits per heavy atom. The molecule has 0 saturated heterocycles. The van der Waals surface area contributed by atoms with Crippen molar-refractivity contribution in [3.8, 4) is 11.3 Å². The highest BCUT2D eigenvalue weighted by Gasteiger charge is 2.30. The summed E-state index contributed by atoms with van der Waals surface area (Å²) < 4.78 is 24.6. The monoisotopic (exact) mass is 351 g/mol. The fourth-order valence-electron chi connectivity index (χ4n) is 2.50. The number of benzene rings is 1. The topological polar surface area (TPSA) is 35.3 Å². The molecule has 2 aromatic rings. The number of rotatable bonds is 6. The van der Waals surface area contributed by atoms with Crippen LogP contribution in [0.1, 0.15) is 18.1 Å². The summed E-state index contributed by atoms with van der Waals surface area (Å²) >= 11 is 3.26. The second-order valence-electron chi connectivity index (χ2n) is 5.04. The summed E-state index contributed by atoms with van der Waals surface area (Å²) in [4.78, 5) is 0. The van der Waals surface area contributed by atoms with Crippen molar-refractivity contribution in [1.29, 1.82) is 0 Å². The van der Waals surface area contributed by atoms with Crippen molar-refractivity contribution in [3.63, 3.8) is 0 Å². The predicted octanol–water partition coefficient (Wildman–Crippen LogP) is 4.71. The van der Waals surface area contributed by atoms with Gasteiger partial charge in [0, 0.05) is 24.7 Å². The number of allylic oxidation sites excluding steroid dienone is 1. The maximum absolute atomic E-state index is 13.3. The molecule has 1 aliphatic rings. The van der Waals surface area contributed by atoms with Crippen molar-refractivity contribution in [2.75, 3.05) is 13.8 Å². The lowest BCUT2D eigenvalue weighted by atomic mass is 9.93. The second-order valence-corrected chi connectivity index (χ2v) is 5.85. The Labute approximate surface area is 130 Å². The van der Waals surface area contributed by atoms with Gasteiger partial charge in [-0.15, -0.1) is 0 Å². The molecule has 1 aromatic heterocycles. The van der Waals surface area contributed by atoms with Crippen LogP contribution in [0.2, 0.25) is 0 Å². The average Bonchev–Trinajstić information content (AvgIpc) is 3.26. The molecular formula is C16H15BrFNO2. The van der Waals surface area contributed by atoms with E-state index in [4.69, 9.17) is 9.26 Å². The SMILES string of the molecule is COC(c1ccc(-c2cc(Br)no2)cc1)C(CF)C1=CC1. The van der Waals surface area contributed by atoms with Gasteiger partial charge in [0.15, 0.2) is 5.76 Å². The highest BCUT2D eigenvalue weighted by Crippen LogP contribution is 2.39. The molecule has 1 aromatic carbocycles. The van der Waals surface area contributed by atoms with E-state index >= 15 is 0 Å². The molecule has 21 heavy (non-hydrogen) atoms. The molecule has 0 saturated carbocycles. The summed E-state index contributed by atoms with van der Waals surface area (Å²) in [5.41, 5.74) is 3.04. The van der Waals surface area contributed by atoms with E-state index in [1.165, 1.54) is 0 Å². The maximum Gasteiger partial charge on any atom is 0.168 e. The minimum Gasteiger partial charge on any atom is -0.376 e. The molecule has 110 valence electrons. The number of ether oxygens (including phenoxy) is 1. The van der Waals surface area contributed by atoms with Gasteiger partial charge in [0.25, 0.3) is 0 Å². The molecule has 0 spiro atoms. The smallest absolute Gasteiger partial charge is 0.168 e. The van der Waals surface area contributed by atoms with Crippen LogP contribution in [0.5, 0.6) is 0 Å². The third-order valence-electron chi connectivity index (χ3n) is 3.71. The van der Waals surface area contributed by atoms with E-state index in [1.54, 1.807) is 7.11 Å². The van der Waals surface area contributed by atoms with Gasteiger partial charge in [-0.1, -0.05) is 41.1 Å². The third-order valence-corrected chi connectivity index (χ3v) is 4.08.